The number of aliphatic hydroxyl groups excluding tert-OH is 1. The van der Waals surface area contributed by atoms with Crippen molar-refractivity contribution in [2.75, 3.05) is 6.54 Å². The Bertz CT molecular complexity index is 544. The monoisotopic (exact) mass is 256 g/mol. The van der Waals surface area contributed by atoms with E-state index >= 15 is 0 Å². The number of hydrogen-bond acceptors (Lipinski definition) is 3. The fraction of sp³-hybridized carbons (Fsp3) is 0.438. The second-order valence-corrected chi connectivity index (χ2v) is 5.32. The van der Waals surface area contributed by atoms with Crippen molar-refractivity contribution < 1.29 is 5.11 Å². The van der Waals surface area contributed by atoms with Gasteiger partial charge in [-0.15, -0.1) is 0 Å². The summed E-state index contributed by atoms with van der Waals surface area (Å²) in [6, 6.07) is 10.4. The van der Waals surface area contributed by atoms with Crippen LogP contribution in [-0.4, -0.2) is 28.8 Å². The van der Waals surface area contributed by atoms with Gasteiger partial charge in [-0.3, -0.25) is 4.98 Å². The van der Waals surface area contributed by atoms with Crippen molar-refractivity contribution in [3.63, 3.8) is 0 Å². The van der Waals surface area contributed by atoms with Crippen molar-refractivity contribution in [1.29, 1.82) is 0 Å². The van der Waals surface area contributed by atoms with E-state index in [4.69, 9.17) is 0 Å². The molecule has 3 rings (SSSR count). The van der Waals surface area contributed by atoms with Crippen molar-refractivity contribution in [1.82, 2.24) is 10.3 Å². The number of piperidine rings is 1. The standard InChI is InChI=1S/C16H20N2O/c19-16(15-7-3-4-9-17-15)11-12-8-10-18-14-6-2-1-5-13(12)14/h1-2,5-6,8,10,15-17,19H,3-4,7,9,11H2. The van der Waals surface area contributed by atoms with Crippen LogP contribution in [0.25, 0.3) is 10.9 Å². The number of para-hydroxylation sites is 1. The number of nitrogens with one attached hydrogen (secondary N) is 1. The van der Waals surface area contributed by atoms with Gasteiger partial charge < -0.3 is 10.4 Å². The minimum atomic E-state index is -0.314. The number of hydrogen-bond donors (Lipinski definition) is 2. The van der Waals surface area contributed by atoms with E-state index in [9.17, 15) is 5.11 Å². The SMILES string of the molecule is OC(Cc1ccnc2ccccc12)C1CCCCN1. The van der Waals surface area contributed by atoms with E-state index in [2.05, 4.69) is 16.4 Å². The molecule has 3 heteroatoms. The van der Waals surface area contributed by atoms with Crippen LogP contribution in [0.1, 0.15) is 24.8 Å². The molecule has 1 aliphatic rings. The highest BCUT2D eigenvalue weighted by Crippen LogP contribution is 2.20. The molecule has 2 atom stereocenters. The van der Waals surface area contributed by atoms with E-state index < -0.39 is 0 Å². The van der Waals surface area contributed by atoms with Crippen LogP contribution in [-0.2, 0) is 6.42 Å². The third kappa shape index (κ3) is 2.77. The van der Waals surface area contributed by atoms with Crippen LogP contribution in [0, 0.1) is 0 Å². The van der Waals surface area contributed by atoms with E-state index in [0.29, 0.717) is 6.42 Å². The molecule has 19 heavy (non-hydrogen) atoms. The van der Waals surface area contributed by atoms with Crippen molar-refractivity contribution in [2.45, 2.75) is 37.8 Å². The molecule has 2 heterocycles. The van der Waals surface area contributed by atoms with Gasteiger partial charge in [0.2, 0.25) is 0 Å². The van der Waals surface area contributed by atoms with Crippen LogP contribution in [0.15, 0.2) is 36.5 Å². The van der Waals surface area contributed by atoms with E-state index in [1.807, 2.05) is 30.5 Å². The quantitative estimate of drug-likeness (QED) is 0.885. The molecule has 0 bridgehead atoms. The maximum Gasteiger partial charge on any atom is 0.0733 e. The highest BCUT2D eigenvalue weighted by atomic mass is 16.3. The summed E-state index contributed by atoms with van der Waals surface area (Å²) in [7, 11) is 0. The predicted molar refractivity (Wildman–Crippen MR) is 77.1 cm³/mol. The van der Waals surface area contributed by atoms with E-state index in [0.717, 1.165) is 23.9 Å². The van der Waals surface area contributed by atoms with Crippen molar-refractivity contribution in [3.05, 3.63) is 42.1 Å². The summed E-state index contributed by atoms with van der Waals surface area (Å²) in [6.07, 6.45) is 5.72. The number of rotatable bonds is 3. The Morgan fingerprint density at radius 3 is 3.00 bits per heavy atom. The third-order valence-corrected chi connectivity index (χ3v) is 3.98. The molecule has 2 unspecified atom stereocenters. The summed E-state index contributed by atoms with van der Waals surface area (Å²) in [4.78, 5) is 4.36. The number of benzene rings is 1. The molecule has 3 nitrogen and oxygen atoms in total. The summed E-state index contributed by atoms with van der Waals surface area (Å²) in [5.41, 5.74) is 2.19. The van der Waals surface area contributed by atoms with Gasteiger partial charge in [0.05, 0.1) is 11.6 Å². The maximum atomic E-state index is 10.4. The van der Waals surface area contributed by atoms with E-state index in [1.165, 1.54) is 18.4 Å². The van der Waals surface area contributed by atoms with Crippen molar-refractivity contribution in [3.8, 4) is 0 Å². The van der Waals surface area contributed by atoms with Gasteiger partial charge in [-0.2, -0.15) is 0 Å². The van der Waals surface area contributed by atoms with Crippen LogP contribution in [0.3, 0.4) is 0 Å². The Kier molecular flexibility index (Phi) is 3.76. The second kappa shape index (κ2) is 5.68. The zero-order valence-electron chi connectivity index (χ0n) is 11.0. The minimum Gasteiger partial charge on any atom is -0.391 e. The molecule has 1 aliphatic heterocycles. The Morgan fingerprint density at radius 2 is 2.16 bits per heavy atom. The number of nitrogens with zero attached hydrogens (tertiary/aromatic N) is 1. The molecule has 0 spiro atoms. The first-order chi connectivity index (χ1) is 9.34. The molecular formula is C16H20N2O. The molecule has 100 valence electrons. The van der Waals surface area contributed by atoms with Gasteiger partial charge in [0, 0.05) is 24.0 Å². The zero-order valence-corrected chi connectivity index (χ0v) is 11.0. The Hall–Kier alpha value is -1.45. The fourth-order valence-electron chi connectivity index (χ4n) is 2.91. The lowest BCUT2D eigenvalue weighted by Crippen LogP contribution is -2.44. The number of fused-ring (bicyclic) bond motifs is 1. The van der Waals surface area contributed by atoms with E-state index in [1.54, 1.807) is 0 Å². The summed E-state index contributed by atoms with van der Waals surface area (Å²) in [5.74, 6) is 0. The minimum absolute atomic E-state index is 0.237. The van der Waals surface area contributed by atoms with Gasteiger partial charge >= 0.3 is 0 Å². The summed E-state index contributed by atoms with van der Waals surface area (Å²) in [5, 5.41) is 15.0. The molecule has 1 aromatic carbocycles. The molecule has 1 fully saturated rings. The lowest BCUT2D eigenvalue weighted by Gasteiger charge is -2.28. The van der Waals surface area contributed by atoms with Gasteiger partial charge in [-0.05, 0) is 37.1 Å². The first kappa shape index (κ1) is 12.6. The molecule has 0 aliphatic carbocycles. The van der Waals surface area contributed by atoms with Crippen LogP contribution in [0.5, 0.6) is 0 Å². The number of pyridine rings is 1. The normalized spacial score (nSPS) is 21.4. The average molecular weight is 256 g/mol. The molecule has 0 saturated carbocycles. The lowest BCUT2D eigenvalue weighted by atomic mass is 9.94. The zero-order chi connectivity index (χ0) is 13.1. The summed E-state index contributed by atoms with van der Waals surface area (Å²) in [6.45, 7) is 1.03. The van der Waals surface area contributed by atoms with Gasteiger partial charge in [-0.25, -0.2) is 0 Å². The Morgan fingerprint density at radius 1 is 1.26 bits per heavy atom. The third-order valence-electron chi connectivity index (χ3n) is 3.98. The summed E-state index contributed by atoms with van der Waals surface area (Å²) >= 11 is 0. The van der Waals surface area contributed by atoms with Crippen molar-refractivity contribution in [2.24, 2.45) is 0 Å². The van der Waals surface area contributed by atoms with Crippen LogP contribution >= 0.6 is 0 Å². The molecule has 1 saturated heterocycles. The number of aliphatic hydroxyl groups is 1. The van der Waals surface area contributed by atoms with Crippen LogP contribution in [0.4, 0.5) is 0 Å². The van der Waals surface area contributed by atoms with Crippen LogP contribution < -0.4 is 5.32 Å². The fourth-order valence-corrected chi connectivity index (χ4v) is 2.91. The molecular weight excluding hydrogens is 236 g/mol. The lowest BCUT2D eigenvalue weighted by molar-refractivity contribution is 0.113. The highest BCUT2D eigenvalue weighted by molar-refractivity contribution is 5.81. The Balaban J connectivity index is 1.80. The molecule has 0 radical (unpaired) electrons. The first-order valence-corrected chi connectivity index (χ1v) is 7.08. The largest absolute Gasteiger partial charge is 0.391 e. The van der Waals surface area contributed by atoms with Crippen molar-refractivity contribution >= 4 is 10.9 Å². The first-order valence-electron chi connectivity index (χ1n) is 7.08. The number of aromatic nitrogens is 1. The molecule has 2 aromatic rings. The van der Waals surface area contributed by atoms with Crippen LogP contribution in [0.2, 0.25) is 0 Å². The summed E-state index contributed by atoms with van der Waals surface area (Å²) < 4.78 is 0. The molecule has 1 aromatic heterocycles. The molecule has 2 N–H and O–H groups in total. The van der Waals surface area contributed by atoms with Gasteiger partial charge in [0.15, 0.2) is 0 Å². The van der Waals surface area contributed by atoms with Gasteiger partial charge in [-0.1, -0.05) is 24.6 Å². The van der Waals surface area contributed by atoms with E-state index in [-0.39, 0.29) is 12.1 Å². The maximum absolute atomic E-state index is 10.4. The highest BCUT2D eigenvalue weighted by Gasteiger charge is 2.21. The van der Waals surface area contributed by atoms with Gasteiger partial charge in [0.1, 0.15) is 0 Å². The smallest absolute Gasteiger partial charge is 0.0733 e. The van der Waals surface area contributed by atoms with Gasteiger partial charge in [0.25, 0.3) is 0 Å². The molecule has 0 amide bonds. The topological polar surface area (TPSA) is 45.2 Å². The second-order valence-electron chi connectivity index (χ2n) is 5.32. The Labute approximate surface area is 113 Å². The average Bonchev–Trinajstić information content (AvgIpc) is 2.48. The predicted octanol–water partition coefficient (Wildman–Crippen LogP) is 2.28.